The first-order valence-corrected chi connectivity index (χ1v) is 13.1. The van der Waals surface area contributed by atoms with Crippen molar-refractivity contribution in [2.75, 3.05) is 32.7 Å². The van der Waals surface area contributed by atoms with E-state index >= 15 is 0 Å². The lowest BCUT2D eigenvalue weighted by Crippen LogP contribution is -2.46. The maximum atomic E-state index is 12.0. The number of fused-ring (bicyclic) bond motifs is 1. The van der Waals surface area contributed by atoms with Crippen molar-refractivity contribution in [2.24, 2.45) is 0 Å². The molecule has 6 nitrogen and oxygen atoms in total. The van der Waals surface area contributed by atoms with Gasteiger partial charge >= 0.3 is 0 Å². The summed E-state index contributed by atoms with van der Waals surface area (Å²) in [6.07, 6.45) is 6.14. The Morgan fingerprint density at radius 1 is 1.03 bits per heavy atom. The number of nitrogens with zero attached hydrogens (tertiary/aromatic N) is 3. The van der Waals surface area contributed by atoms with Crippen molar-refractivity contribution in [1.82, 2.24) is 20.1 Å². The van der Waals surface area contributed by atoms with Gasteiger partial charge in [0.15, 0.2) is 0 Å². The van der Waals surface area contributed by atoms with E-state index in [1.54, 1.807) is 6.08 Å². The van der Waals surface area contributed by atoms with Crippen LogP contribution in [-0.4, -0.2) is 58.7 Å². The standard InChI is InChI=1S/C28H30N4O2S/c1-2-3-11-31-12-14-32(15-13-31)19-21-5-4-6-22(16-21)23-9-10-29-25-8-7-20(17-24(23)25)18-26-27(33)30-28(34)35-26/h4-10,16-18H,2-3,11-15,19H2,1H3,(H,30,33,34). The second kappa shape index (κ2) is 10.7. The van der Waals surface area contributed by atoms with Gasteiger partial charge in [-0.1, -0.05) is 37.6 Å². The predicted octanol–water partition coefficient (Wildman–Crippen LogP) is 5.14. The molecule has 0 spiro atoms. The van der Waals surface area contributed by atoms with E-state index in [0.717, 1.165) is 72.1 Å². The Bertz CT molecular complexity index is 1280. The van der Waals surface area contributed by atoms with E-state index in [2.05, 4.69) is 51.3 Å². The lowest BCUT2D eigenvalue weighted by molar-refractivity contribution is -0.115. The Hall–Kier alpha value is -3.00. The average Bonchev–Trinajstić information content (AvgIpc) is 3.19. The number of aromatic nitrogens is 1. The summed E-state index contributed by atoms with van der Waals surface area (Å²) in [7, 11) is 0. The number of thioether (sulfide) groups is 1. The van der Waals surface area contributed by atoms with Gasteiger partial charge in [0.25, 0.3) is 11.1 Å². The molecule has 0 atom stereocenters. The van der Waals surface area contributed by atoms with Gasteiger partial charge < -0.3 is 4.90 Å². The molecule has 0 aliphatic carbocycles. The van der Waals surface area contributed by atoms with Crippen molar-refractivity contribution >= 4 is 39.9 Å². The Balaban J connectivity index is 1.37. The van der Waals surface area contributed by atoms with Crippen LogP contribution >= 0.6 is 11.8 Å². The maximum Gasteiger partial charge on any atom is 0.290 e. The summed E-state index contributed by atoms with van der Waals surface area (Å²) in [5, 5.41) is 3.01. The van der Waals surface area contributed by atoms with Crippen molar-refractivity contribution in [3.8, 4) is 11.1 Å². The van der Waals surface area contributed by atoms with Crippen molar-refractivity contribution in [1.29, 1.82) is 0 Å². The first-order chi connectivity index (χ1) is 17.1. The fourth-order valence-electron chi connectivity index (χ4n) is 4.73. The molecule has 2 aromatic carbocycles. The fraction of sp³-hybridized carbons (Fsp3) is 0.321. The summed E-state index contributed by atoms with van der Waals surface area (Å²) in [5.74, 6) is -0.342. The topological polar surface area (TPSA) is 65.5 Å². The highest BCUT2D eigenvalue weighted by molar-refractivity contribution is 8.18. The van der Waals surface area contributed by atoms with Crippen molar-refractivity contribution < 1.29 is 9.59 Å². The number of carbonyl (C=O) groups excluding carboxylic acids is 2. The first-order valence-electron chi connectivity index (χ1n) is 12.3. The van der Waals surface area contributed by atoms with Crippen LogP contribution in [0.25, 0.3) is 28.1 Å². The molecule has 1 aromatic heterocycles. The van der Waals surface area contributed by atoms with Crippen molar-refractivity contribution in [2.45, 2.75) is 26.3 Å². The first kappa shape index (κ1) is 23.7. The SMILES string of the molecule is CCCCN1CCN(Cc2cccc(-c3ccnc4ccc(C=C5SC(=O)NC5=O)cc34)c2)CC1. The molecule has 2 amide bonds. The normalized spacial score (nSPS) is 18.5. The minimum atomic E-state index is -0.342. The number of hydrogen-bond donors (Lipinski definition) is 1. The summed E-state index contributed by atoms with van der Waals surface area (Å²) in [6, 6.07) is 16.7. The third-order valence-electron chi connectivity index (χ3n) is 6.64. The van der Waals surface area contributed by atoms with E-state index in [0.29, 0.717) is 4.91 Å². The predicted molar refractivity (Wildman–Crippen MR) is 143 cm³/mol. The van der Waals surface area contributed by atoms with E-state index in [1.807, 2.05) is 30.5 Å². The molecule has 35 heavy (non-hydrogen) atoms. The molecule has 2 aliphatic rings. The van der Waals surface area contributed by atoms with Crippen molar-refractivity contribution in [3.05, 3.63) is 70.8 Å². The minimum Gasteiger partial charge on any atom is -0.301 e. The number of nitrogens with one attached hydrogen (secondary N) is 1. The van der Waals surface area contributed by atoms with Gasteiger partial charge in [0.05, 0.1) is 10.4 Å². The number of pyridine rings is 1. The highest BCUT2D eigenvalue weighted by Crippen LogP contribution is 2.31. The van der Waals surface area contributed by atoms with Crippen LogP contribution in [0.3, 0.4) is 0 Å². The molecule has 7 heteroatoms. The van der Waals surface area contributed by atoms with Crippen LogP contribution in [0.4, 0.5) is 4.79 Å². The van der Waals surface area contributed by atoms with Crippen LogP contribution < -0.4 is 5.32 Å². The molecule has 3 aromatic rings. The number of benzene rings is 2. The van der Waals surface area contributed by atoms with Gasteiger partial charge in [0, 0.05) is 44.3 Å². The molecule has 0 saturated carbocycles. The summed E-state index contributed by atoms with van der Waals surface area (Å²) >= 11 is 0.935. The van der Waals surface area contributed by atoms with Gasteiger partial charge in [0.2, 0.25) is 0 Å². The van der Waals surface area contributed by atoms with Gasteiger partial charge in [-0.3, -0.25) is 24.8 Å². The number of hydrogen-bond acceptors (Lipinski definition) is 6. The zero-order valence-corrected chi connectivity index (χ0v) is 20.8. The van der Waals surface area contributed by atoms with E-state index in [4.69, 9.17) is 0 Å². The summed E-state index contributed by atoms with van der Waals surface area (Å²) in [5.41, 5.74) is 5.35. The van der Waals surface area contributed by atoms with E-state index in [9.17, 15) is 9.59 Å². The van der Waals surface area contributed by atoms with Crippen LogP contribution in [0, 0.1) is 0 Å². The van der Waals surface area contributed by atoms with Crippen LogP contribution in [0.15, 0.2) is 59.6 Å². The summed E-state index contributed by atoms with van der Waals surface area (Å²) < 4.78 is 0. The molecule has 0 radical (unpaired) electrons. The number of amides is 2. The maximum absolute atomic E-state index is 12.0. The molecule has 0 bridgehead atoms. The third-order valence-corrected chi connectivity index (χ3v) is 7.45. The largest absolute Gasteiger partial charge is 0.301 e. The van der Waals surface area contributed by atoms with Crippen LogP contribution in [0.2, 0.25) is 0 Å². The lowest BCUT2D eigenvalue weighted by Gasteiger charge is -2.34. The highest BCUT2D eigenvalue weighted by Gasteiger charge is 2.25. The molecule has 180 valence electrons. The Morgan fingerprint density at radius 2 is 1.86 bits per heavy atom. The number of imide groups is 1. The second-order valence-corrected chi connectivity index (χ2v) is 10.2. The molecule has 1 N–H and O–H groups in total. The molecular weight excluding hydrogens is 456 g/mol. The lowest BCUT2D eigenvalue weighted by atomic mass is 9.98. The average molecular weight is 487 g/mol. The smallest absolute Gasteiger partial charge is 0.290 e. The number of piperazine rings is 1. The highest BCUT2D eigenvalue weighted by atomic mass is 32.2. The minimum absolute atomic E-state index is 0.330. The van der Waals surface area contributed by atoms with Gasteiger partial charge in [-0.15, -0.1) is 0 Å². The zero-order chi connectivity index (χ0) is 24.2. The monoisotopic (exact) mass is 486 g/mol. The molecular formula is C28H30N4O2S. The number of carbonyl (C=O) groups is 2. The molecule has 2 aliphatic heterocycles. The van der Waals surface area contributed by atoms with Gasteiger partial charge in [-0.2, -0.15) is 0 Å². The Kier molecular flexibility index (Phi) is 7.27. The Morgan fingerprint density at radius 3 is 2.63 bits per heavy atom. The van der Waals surface area contributed by atoms with Gasteiger partial charge in [0.1, 0.15) is 0 Å². The second-order valence-electron chi connectivity index (χ2n) is 9.16. The van der Waals surface area contributed by atoms with E-state index in [1.165, 1.54) is 24.9 Å². The van der Waals surface area contributed by atoms with Crippen molar-refractivity contribution in [3.63, 3.8) is 0 Å². The van der Waals surface area contributed by atoms with Gasteiger partial charge in [-0.05, 0) is 77.3 Å². The molecule has 0 unspecified atom stereocenters. The Labute approximate surface area is 210 Å². The zero-order valence-electron chi connectivity index (χ0n) is 20.0. The molecule has 2 saturated heterocycles. The quantitative estimate of drug-likeness (QED) is 0.467. The molecule has 5 rings (SSSR count). The summed E-state index contributed by atoms with van der Waals surface area (Å²) in [6.45, 7) is 8.94. The van der Waals surface area contributed by atoms with Crippen LogP contribution in [-0.2, 0) is 11.3 Å². The summed E-state index contributed by atoms with van der Waals surface area (Å²) in [4.78, 5) is 33.6. The number of unbranched alkanes of at least 4 members (excludes halogenated alkanes) is 1. The molecule has 3 heterocycles. The van der Waals surface area contributed by atoms with Crippen LogP contribution in [0.5, 0.6) is 0 Å². The van der Waals surface area contributed by atoms with E-state index < -0.39 is 0 Å². The van der Waals surface area contributed by atoms with Crippen LogP contribution in [0.1, 0.15) is 30.9 Å². The van der Waals surface area contributed by atoms with Gasteiger partial charge in [-0.25, -0.2) is 0 Å². The fourth-order valence-corrected chi connectivity index (χ4v) is 5.41. The van der Waals surface area contributed by atoms with E-state index in [-0.39, 0.29) is 11.1 Å². The molecule has 2 fully saturated rings. The third kappa shape index (κ3) is 5.64. The number of rotatable bonds is 7.